The first kappa shape index (κ1) is 57.1. The average Bonchev–Trinajstić information content (AvgIpc) is 4.04. The average molecular weight is 965 g/mol. The minimum atomic E-state index is -3.95. The molecule has 380 valence electrons. The van der Waals surface area contributed by atoms with Gasteiger partial charge in [0.05, 0.1) is 54.5 Å². The maximum Gasteiger partial charge on any atom is 0.281 e. The molecule has 2 aliphatic rings. The lowest BCUT2D eigenvalue weighted by Crippen LogP contribution is -2.55. The van der Waals surface area contributed by atoms with Crippen molar-refractivity contribution in [2.45, 2.75) is 148 Å². The van der Waals surface area contributed by atoms with Gasteiger partial charge >= 0.3 is 0 Å². The second-order valence-corrected chi connectivity index (χ2v) is 21.1. The van der Waals surface area contributed by atoms with Crippen molar-refractivity contribution in [2.75, 3.05) is 55.1 Å². The van der Waals surface area contributed by atoms with Gasteiger partial charge in [-0.05, 0) is 82.2 Å². The van der Waals surface area contributed by atoms with Gasteiger partial charge in [-0.2, -0.15) is 0 Å². The Balaban J connectivity index is 1.81. The predicted octanol–water partition coefficient (Wildman–Crippen LogP) is 3.51. The predicted molar refractivity (Wildman–Crippen MR) is 254 cm³/mol. The lowest BCUT2D eigenvalue weighted by Gasteiger charge is -2.41. The van der Waals surface area contributed by atoms with Crippen LogP contribution >= 0.6 is 0 Å². The number of ketones is 1. The van der Waals surface area contributed by atoms with Gasteiger partial charge < -0.3 is 29.3 Å². The van der Waals surface area contributed by atoms with Crippen molar-refractivity contribution in [2.24, 2.45) is 29.6 Å². The standard InChI is InChI=1S/C48H80N6O12S/c1-14-31(7)44(53(11)48(60)36(29(3)4)26-39(55)43(30(5)6)52(9)10)40(63-12)27-42(57)54-24-16-17-38(54)45(64-13)32(8)46(58)49-37(47(59)51-67(61,62)35-22-23-35)25-33-18-20-34(21-19-33)65-28-41(56)50-66-15-2/h18-21,29-32,35-38,40,43-45H,14-17,22-28H2,1-13H3,(H,49,58)(H,50,56)(H,51,59)/t31-,32+,36-,37-,38-,40+,43-,44-,45+/m0/s1. The second-order valence-electron chi connectivity index (χ2n) is 19.1. The molecule has 0 aromatic heterocycles. The minimum absolute atomic E-state index is 0.00876. The Bertz CT molecular complexity index is 1900. The van der Waals surface area contributed by atoms with Crippen LogP contribution in [0.2, 0.25) is 0 Å². The van der Waals surface area contributed by atoms with Crippen LogP contribution < -0.4 is 20.3 Å². The van der Waals surface area contributed by atoms with Crippen molar-refractivity contribution in [3.05, 3.63) is 29.8 Å². The Morgan fingerprint density at radius 1 is 0.851 bits per heavy atom. The molecule has 18 nitrogen and oxygen atoms in total. The maximum atomic E-state index is 14.4. The van der Waals surface area contributed by atoms with Gasteiger partial charge in [-0.15, -0.1) is 0 Å². The normalized spacial score (nSPS) is 18.9. The van der Waals surface area contributed by atoms with Gasteiger partial charge in [-0.25, -0.2) is 13.9 Å². The summed E-state index contributed by atoms with van der Waals surface area (Å²) in [4.78, 5) is 92.3. The number of sulfonamides is 1. The highest BCUT2D eigenvalue weighted by Gasteiger charge is 2.44. The number of Topliss-reactive ketones (excluding diaryl/α,β-unsaturated/α-hetero) is 1. The maximum absolute atomic E-state index is 14.4. The van der Waals surface area contributed by atoms with Crippen LogP contribution in [0.25, 0.3) is 0 Å². The van der Waals surface area contributed by atoms with E-state index in [-0.39, 0.29) is 73.9 Å². The van der Waals surface area contributed by atoms with Crippen molar-refractivity contribution in [3.63, 3.8) is 0 Å². The smallest absolute Gasteiger partial charge is 0.281 e. The number of carbonyl (C=O) groups excluding carboxylic acids is 6. The number of amides is 5. The molecule has 1 aromatic carbocycles. The van der Waals surface area contributed by atoms with Gasteiger partial charge in [0.1, 0.15) is 11.8 Å². The number of nitrogens with zero attached hydrogens (tertiary/aromatic N) is 3. The Labute approximate surface area is 399 Å². The molecule has 3 N–H and O–H groups in total. The van der Waals surface area contributed by atoms with Crippen molar-refractivity contribution in [1.82, 2.24) is 30.2 Å². The van der Waals surface area contributed by atoms with Gasteiger partial charge in [-0.1, -0.05) is 67.0 Å². The van der Waals surface area contributed by atoms with Crippen LogP contribution in [0.4, 0.5) is 0 Å². The monoisotopic (exact) mass is 965 g/mol. The number of methoxy groups -OCH3 is 2. The molecule has 3 rings (SSSR count). The fourth-order valence-corrected chi connectivity index (χ4v) is 10.6. The van der Waals surface area contributed by atoms with Gasteiger partial charge in [0.25, 0.3) is 11.8 Å². The Hall–Kier alpha value is -4.17. The molecule has 1 aliphatic carbocycles. The number of nitrogens with one attached hydrogen (secondary N) is 3. The fourth-order valence-electron chi connectivity index (χ4n) is 9.24. The summed E-state index contributed by atoms with van der Waals surface area (Å²) in [5.74, 6) is -3.58. The molecule has 1 saturated heterocycles. The molecule has 67 heavy (non-hydrogen) atoms. The molecule has 0 radical (unpaired) electrons. The van der Waals surface area contributed by atoms with Crippen LogP contribution in [0.15, 0.2) is 24.3 Å². The van der Waals surface area contributed by atoms with Crippen molar-refractivity contribution in [1.29, 1.82) is 0 Å². The third-order valence-corrected chi connectivity index (χ3v) is 15.1. The first-order chi connectivity index (χ1) is 31.5. The molecule has 2 fully saturated rings. The largest absolute Gasteiger partial charge is 0.484 e. The van der Waals surface area contributed by atoms with E-state index in [9.17, 15) is 37.2 Å². The number of hydrogen-bond donors (Lipinski definition) is 3. The van der Waals surface area contributed by atoms with E-state index in [1.807, 2.05) is 60.5 Å². The first-order valence-corrected chi connectivity index (χ1v) is 25.4. The van der Waals surface area contributed by atoms with E-state index in [1.54, 1.807) is 55.0 Å². The molecule has 19 heteroatoms. The number of hydroxylamine groups is 1. The second kappa shape index (κ2) is 26.5. The minimum Gasteiger partial charge on any atom is -0.484 e. The van der Waals surface area contributed by atoms with Crippen molar-refractivity contribution in [3.8, 4) is 5.75 Å². The zero-order valence-electron chi connectivity index (χ0n) is 42.2. The molecule has 0 unspecified atom stereocenters. The first-order valence-electron chi connectivity index (χ1n) is 23.8. The lowest BCUT2D eigenvalue weighted by molar-refractivity contribution is -0.149. The molecule has 1 saturated carbocycles. The molecular weight excluding hydrogens is 885 g/mol. The molecule has 1 aliphatic heterocycles. The van der Waals surface area contributed by atoms with Crippen LogP contribution in [-0.4, -0.2) is 155 Å². The number of ether oxygens (including phenoxy) is 3. The SMILES string of the molecule is CCONC(=O)COc1ccc(C[C@H](NC(=O)[C@H](C)[C@@H](OC)[C@@H]2CCCN2C(=O)C[C@@H](OC)[C@H]([C@@H](C)CC)N(C)C(=O)[C@@H](CC(=O)[C@H](C(C)C)N(C)C)C(C)C)C(=O)NS(=O)(=O)C2CC2)cc1. The fraction of sp³-hybridized carbons (Fsp3) is 0.750. The summed E-state index contributed by atoms with van der Waals surface area (Å²) in [6.07, 6.45) is 1.21. The summed E-state index contributed by atoms with van der Waals surface area (Å²) in [7, 11) is 4.51. The van der Waals surface area contributed by atoms with Crippen molar-refractivity contribution >= 4 is 45.3 Å². The molecule has 1 aromatic rings. The number of rotatable bonds is 29. The third-order valence-electron chi connectivity index (χ3n) is 13.2. The molecular formula is C48H80N6O12S. The molecule has 9 atom stereocenters. The number of benzene rings is 1. The molecule has 0 bridgehead atoms. The zero-order chi connectivity index (χ0) is 50.3. The highest BCUT2D eigenvalue weighted by molar-refractivity contribution is 7.90. The summed E-state index contributed by atoms with van der Waals surface area (Å²) < 4.78 is 45.4. The zero-order valence-corrected chi connectivity index (χ0v) is 43.0. The van der Waals surface area contributed by atoms with Crippen molar-refractivity contribution < 1.29 is 56.2 Å². The molecule has 1 heterocycles. The van der Waals surface area contributed by atoms with E-state index in [4.69, 9.17) is 19.0 Å². The number of carbonyl (C=O) groups is 6. The number of likely N-dealkylation sites (tertiary alicyclic amines) is 1. The van der Waals surface area contributed by atoms with Crippen LogP contribution in [0.5, 0.6) is 5.75 Å². The van der Waals surface area contributed by atoms with E-state index < -0.39 is 75.2 Å². The summed E-state index contributed by atoms with van der Waals surface area (Å²) in [5.41, 5.74) is 2.82. The van der Waals surface area contributed by atoms with Gasteiger partial charge in [0.2, 0.25) is 27.7 Å². The Morgan fingerprint density at radius 3 is 2.01 bits per heavy atom. The van der Waals surface area contributed by atoms with E-state index in [0.29, 0.717) is 50.0 Å². The summed E-state index contributed by atoms with van der Waals surface area (Å²) in [5, 5.41) is 2.09. The summed E-state index contributed by atoms with van der Waals surface area (Å²) in [6, 6.07) is 3.81. The highest BCUT2D eigenvalue weighted by atomic mass is 32.2. The van der Waals surface area contributed by atoms with E-state index in [1.165, 1.54) is 14.2 Å². The van der Waals surface area contributed by atoms with E-state index >= 15 is 0 Å². The summed E-state index contributed by atoms with van der Waals surface area (Å²) >= 11 is 0. The van der Waals surface area contributed by atoms with E-state index in [0.717, 1.165) is 0 Å². The Kier molecular flexibility index (Phi) is 22.6. The van der Waals surface area contributed by atoms with Crippen LogP contribution in [0.3, 0.4) is 0 Å². The van der Waals surface area contributed by atoms with Gasteiger partial charge in [0, 0.05) is 46.6 Å². The molecule has 0 spiro atoms. The third kappa shape index (κ3) is 16.2. The van der Waals surface area contributed by atoms with Crippen LogP contribution in [0.1, 0.15) is 106 Å². The number of hydrogen-bond acceptors (Lipinski definition) is 13. The topological polar surface area (TPSA) is 219 Å². The van der Waals surface area contributed by atoms with E-state index in [2.05, 4.69) is 15.5 Å². The Morgan fingerprint density at radius 2 is 1.49 bits per heavy atom. The highest BCUT2D eigenvalue weighted by Crippen LogP contribution is 2.32. The molecule has 5 amide bonds. The quantitative estimate of drug-likeness (QED) is 0.0981. The van der Waals surface area contributed by atoms with Gasteiger partial charge in [-0.3, -0.25) is 43.2 Å². The lowest BCUT2D eigenvalue weighted by atomic mass is 9.83. The van der Waals surface area contributed by atoms with Crippen LogP contribution in [0, 0.1) is 29.6 Å². The van der Waals surface area contributed by atoms with Crippen LogP contribution in [-0.2, 0) is 59.5 Å². The number of likely N-dealkylation sites (N-methyl/N-ethyl adjacent to an activating group) is 2. The van der Waals surface area contributed by atoms with Gasteiger partial charge in [0.15, 0.2) is 12.4 Å². The summed E-state index contributed by atoms with van der Waals surface area (Å²) in [6.45, 7) is 15.7.